The van der Waals surface area contributed by atoms with Crippen molar-refractivity contribution in [3.05, 3.63) is 45.7 Å². The van der Waals surface area contributed by atoms with Crippen LogP contribution >= 0.6 is 15.9 Å². The number of rotatable bonds is 4. The topological polar surface area (TPSA) is 50.2 Å². The van der Waals surface area contributed by atoms with E-state index in [9.17, 15) is 4.79 Å². The predicted molar refractivity (Wildman–Crippen MR) is 101 cm³/mol. The molecule has 1 N–H and O–H groups in total. The van der Waals surface area contributed by atoms with Crippen LogP contribution < -0.4 is 5.32 Å². The van der Waals surface area contributed by atoms with E-state index < -0.39 is 0 Å². The van der Waals surface area contributed by atoms with Crippen molar-refractivity contribution in [2.24, 2.45) is 0 Å². The van der Waals surface area contributed by atoms with Crippen molar-refractivity contribution in [2.45, 2.75) is 45.2 Å². The lowest BCUT2D eigenvalue weighted by Crippen LogP contribution is -2.37. The molecule has 2 fully saturated rings. The molecule has 0 radical (unpaired) electrons. The monoisotopic (exact) mass is 402 g/mol. The Hall–Kier alpha value is -1.66. The molecule has 0 spiro atoms. The molecule has 1 aliphatic carbocycles. The Labute approximate surface area is 156 Å². The van der Waals surface area contributed by atoms with Crippen LogP contribution in [0.3, 0.4) is 0 Å². The summed E-state index contributed by atoms with van der Waals surface area (Å²) < 4.78 is 2.92. The van der Waals surface area contributed by atoms with Crippen LogP contribution in [0.1, 0.15) is 41.0 Å². The molecule has 25 heavy (non-hydrogen) atoms. The first-order chi connectivity index (χ1) is 12.0. The van der Waals surface area contributed by atoms with Gasteiger partial charge in [-0.25, -0.2) is 4.68 Å². The second-order valence-electron chi connectivity index (χ2n) is 7.13. The number of halogens is 1. The molecule has 2 aromatic rings. The molecule has 1 aromatic carbocycles. The van der Waals surface area contributed by atoms with Gasteiger partial charge >= 0.3 is 0 Å². The maximum absolute atomic E-state index is 12.5. The molecule has 1 saturated heterocycles. The highest BCUT2D eigenvalue weighted by Crippen LogP contribution is 2.30. The maximum atomic E-state index is 12.5. The third kappa shape index (κ3) is 3.37. The van der Waals surface area contributed by atoms with Gasteiger partial charge in [0.1, 0.15) is 0 Å². The van der Waals surface area contributed by atoms with Gasteiger partial charge in [0.2, 0.25) is 0 Å². The normalized spacial score (nSPS) is 20.8. The van der Waals surface area contributed by atoms with Gasteiger partial charge in [-0.2, -0.15) is 5.10 Å². The van der Waals surface area contributed by atoms with Gasteiger partial charge in [0, 0.05) is 30.7 Å². The van der Waals surface area contributed by atoms with Crippen LogP contribution in [0.4, 0.5) is 0 Å². The summed E-state index contributed by atoms with van der Waals surface area (Å²) in [5, 5.41) is 7.71. The van der Waals surface area contributed by atoms with Crippen LogP contribution in [0.2, 0.25) is 0 Å². The lowest BCUT2D eigenvalue weighted by Gasteiger charge is -2.16. The molecular formula is C19H23BrN4O. The molecule has 132 valence electrons. The van der Waals surface area contributed by atoms with Crippen molar-refractivity contribution in [3.63, 3.8) is 0 Å². The van der Waals surface area contributed by atoms with Gasteiger partial charge in [-0.1, -0.05) is 0 Å². The highest BCUT2D eigenvalue weighted by atomic mass is 79.9. The van der Waals surface area contributed by atoms with Gasteiger partial charge in [-0.3, -0.25) is 9.69 Å². The van der Waals surface area contributed by atoms with E-state index in [0.717, 1.165) is 47.1 Å². The molecule has 1 saturated carbocycles. The minimum absolute atomic E-state index is 0.0174. The highest BCUT2D eigenvalue weighted by molar-refractivity contribution is 9.10. The summed E-state index contributed by atoms with van der Waals surface area (Å²) in [6.07, 6.45) is 3.70. The number of likely N-dealkylation sites (tertiary alicyclic amines) is 1. The first kappa shape index (κ1) is 16.8. The van der Waals surface area contributed by atoms with Crippen LogP contribution in [0.15, 0.2) is 28.7 Å². The zero-order valence-corrected chi connectivity index (χ0v) is 16.2. The highest BCUT2D eigenvalue weighted by Gasteiger charge is 2.34. The number of nitrogens with one attached hydrogen (secondary N) is 1. The minimum Gasteiger partial charge on any atom is -0.348 e. The fourth-order valence-corrected chi connectivity index (χ4v) is 3.82. The second-order valence-corrected chi connectivity index (χ2v) is 7.92. The smallest absolute Gasteiger partial charge is 0.251 e. The number of hydrogen-bond acceptors (Lipinski definition) is 3. The molecule has 0 bridgehead atoms. The average Bonchev–Trinajstić information content (AvgIpc) is 3.32. The quantitative estimate of drug-likeness (QED) is 0.853. The third-order valence-electron chi connectivity index (χ3n) is 5.20. The molecule has 1 aliphatic heterocycles. The van der Waals surface area contributed by atoms with Crippen molar-refractivity contribution >= 4 is 21.8 Å². The first-order valence-corrected chi connectivity index (χ1v) is 9.69. The van der Waals surface area contributed by atoms with E-state index in [0.29, 0.717) is 5.56 Å². The largest absolute Gasteiger partial charge is 0.348 e. The molecule has 5 nitrogen and oxygen atoms in total. The third-order valence-corrected chi connectivity index (χ3v) is 6.34. The predicted octanol–water partition coefficient (Wildman–Crippen LogP) is 3.22. The fraction of sp³-hybridized carbons (Fsp3) is 0.474. The molecule has 2 heterocycles. The van der Waals surface area contributed by atoms with Crippen LogP contribution in [-0.4, -0.2) is 45.8 Å². The van der Waals surface area contributed by atoms with E-state index in [4.69, 9.17) is 0 Å². The molecule has 2 aliphatic rings. The Balaban J connectivity index is 1.42. The zero-order chi connectivity index (χ0) is 17.6. The van der Waals surface area contributed by atoms with E-state index in [1.54, 1.807) is 0 Å². The number of aryl methyl sites for hydroxylation is 1. The molecule has 4 rings (SSSR count). The van der Waals surface area contributed by atoms with E-state index in [-0.39, 0.29) is 11.9 Å². The van der Waals surface area contributed by atoms with Crippen LogP contribution in [-0.2, 0) is 0 Å². The number of hydrogen-bond donors (Lipinski definition) is 1. The lowest BCUT2D eigenvalue weighted by molar-refractivity contribution is 0.0937. The first-order valence-electron chi connectivity index (χ1n) is 8.90. The van der Waals surface area contributed by atoms with Crippen LogP contribution in [0, 0.1) is 13.8 Å². The minimum atomic E-state index is 0.0174. The Bertz CT molecular complexity index is 795. The summed E-state index contributed by atoms with van der Waals surface area (Å²) in [5.74, 6) is 0.0174. The zero-order valence-electron chi connectivity index (χ0n) is 14.6. The Kier molecular flexibility index (Phi) is 4.41. The molecule has 6 heteroatoms. The van der Waals surface area contributed by atoms with Gasteiger partial charge in [-0.15, -0.1) is 0 Å². The van der Waals surface area contributed by atoms with Gasteiger partial charge in [0.05, 0.1) is 21.5 Å². The van der Waals surface area contributed by atoms with Crippen LogP contribution in [0.5, 0.6) is 0 Å². The van der Waals surface area contributed by atoms with Crippen LogP contribution in [0.25, 0.3) is 5.69 Å². The summed E-state index contributed by atoms with van der Waals surface area (Å²) in [6.45, 7) is 6.11. The number of carbonyl (C=O) groups excluding carboxylic acids is 1. The van der Waals surface area contributed by atoms with Gasteiger partial charge in [-0.05, 0) is 73.3 Å². The molecule has 1 atom stereocenters. The fourth-order valence-electron chi connectivity index (χ4n) is 3.57. The maximum Gasteiger partial charge on any atom is 0.251 e. The Morgan fingerprint density at radius 1 is 1.20 bits per heavy atom. The Morgan fingerprint density at radius 3 is 2.52 bits per heavy atom. The summed E-state index contributed by atoms with van der Waals surface area (Å²) >= 11 is 3.55. The van der Waals surface area contributed by atoms with Gasteiger partial charge in [0.25, 0.3) is 5.91 Å². The molecular weight excluding hydrogens is 380 g/mol. The molecule has 1 amide bonds. The summed E-state index contributed by atoms with van der Waals surface area (Å²) in [5.41, 5.74) is 3.68. The summed E-state index contributed by atoms with van der Waals surface area (Å²) in [7, 11) is 0. The van der Waals surface area contributed by atoms with E-state index in [1.165, 1.54) is 12.8 Å². The van der Waals surface area contributed by atoms with Crippen molar-refractivity contribution < 1.29 is 4.79 Å². The summed E-state index contributed by atoms with van der Waals surface area (Å²) in [4.78, 5) is 15.0. The number of benzene rings is 1. The standard InChI is InChI=1S/C19H23BrN4O/c1-12-18(20)13(2)24(22-12)17-5-3-14(4-6-17)19(25)21-15-9-10-23(11-15)16-7-8-16/h3-6,15-16H,7-11H2,1-2H3,(H,21,25). The van der Waals surface area contributed by atoms with Gasteiger partial charge in [0.15, 0.2) is 0 Å². The van der Waals surface area contributed by atoms with Crippen molar-refractivity contribution in [3.8, 4) is 5.69 Å². The number of aromatic nitrogens is 2. The molecule has 1 unspecified atom stereocenters. The average molecular weight is 403 g/mol. The number of nitrogens with zero attached hydrogens (tertiary/aromatic N) is 3. The molecule has 1 aromatic heterocycles. The van der Waals surface area contributed by atoms with Crippen molar-refractivity contribution in [1.82, 2.24) is 20.0 Å². The van der Waals surface area contributed by atoms with E-state index in [1.807, 2.05) is 42.8 Å². The lowest BCUT2D eigenvalue weighted by atomic mass is 10.1. The second kappa shape index (κ2) is 6.57. The van der Waals surface area contributed by atoms with Crippen molar-refractivity contribution in [1.29, 1.82) is 0 Å². The van der Waals surface area contributed by atoms with Gasteiger partial charge < -0.3 is 5.32 Å². The van der Waals surface area contributed by atoms with E-state index >= 15 is 0 Å². The Morgan fingerprint density at radius 2 is 1.92 bits per heavy atom. The SMILES string of the molecule is Cc1nn(-c2ccc(C(=O)NC3CCN(C4CC4)C3)cc2)c(C)c1Br. The van der Waals surface area contributed by atoms with E-state index in [2.05, 4.69) is 31.2 Å². The van der Waals surface area contributed by atoms with Crippen molar-refractivity contribution in [2.75, 3.05) is 13.1 Å². The number of carbonyl (C=O) groups is 1. The number of amides is 1. The summed E-state index contributed by atoms with van der Waals surface area (Å²) in [6, 6.07) is 8.71.